The molecule has 1 N–H and O–H groups in total. The highest BCUT2D eigenvalue weighted by Gasteiger charge is 2.79. The summed E-state index contributed by atoms with van der Waals surface area (Å²) in [6, 6.07) is 28.0. The molecule has 1 heterocycles. The molecular formula is C49H58O12Si. The van der Waals surface area contributed by atoms with E-state index in [1.807, 2.05) is 60.7 Å². The zero-order valence-electron chi connectivity index (χ0n) is 37.2. The molecule has 0 amide bonds. The van der Waals surface area contributed by atoms with Gasteiger partial charge in [-0.3, -0.25) is 19.2 Å². The van der Waals surface area contributed by atoms with E-state index < -0.39 is 101 Å². The van der Waals surface area contributed by atoms with Crippen molar-refractivity contribution < 1.29 is 57.2 Å². The lowest BCUT2D eigenvalue weighted by atomic mass is 9.44. The first kappa shape index (κ1) is 45.1. The maximum Gasteiger partial charge on any atom is 0.338 e. The molecular weight excluding hydrogens is 809 g/mol. The SMILES string of the molecule is CC(=O)OC1CC2(O)C(OC(=O)c3ccccc3)C3[C@]4(OC(C)=O)COC4CC(O[Si](c4ccccc4)(c4ccccc4)C(C)(C)C)[C@@]3(C)C(=O)C(OC(C)=O)C(=C1C)C2(C)C. The van der Waals surface area contributed by atoms with E-state index in [1.54, 1.807) is 58.0 Å². The number of hydrogen-bond donors (Lipinski definition) is 1. The zero-order chi connectivity index (χ0) is 45.2. The van der Waals surface area contributed by atoms with Crippen LogP contribution >= 0.6 is 0 Å². The normalized spacial score (nSPS) is 31.5. The van der Waals surface area contributed by atoms with E-state index in [9.17, 15) is 24.3 Å². The molecule has 4 aliphatic rings. The molecule has 0 spiro atoms. The van der Waals surface area contributed by atoms with E-state index in [4.69, 9.17) is 28.1 Å². The summed E-state index contributed by atoms with van der Waals surface area (Å²) in [7, 11) is -3.54. The minimum absolute atomic E-state index is 0.0403. The molecule has 7 unspecified atom stereocenters. The molecule has 13 heteroatoms. The van der Waals surface area contributed by atoms with Crippen LogP contribution in [0.1, 0.15) is 92.4 Å². The number of hydrogen-bond acceptors (Lipinski definition) is 12. The summed E-state index contributed by atoms with van der Waals surface area (Å²) in [6.45, 7) is 16.6. The fourth-order valence-corrected chi connectivity index (χ4v) is 16.1. The van der Waals surface area contributed by atoms with Gasteiger partial charge in [-0.25, -0.2) is 4.79 Å². The fraction of sp³-hybridized carbons (Fsp3) is 0.490. The van der Waals surface area contributed by atoms with Gasteiger partial charge in [0.05, 0.1) is 29.6 Å². The third-order valence-electron chi connectivity index (χ3n) is 14.2. The molecule has 2 saturated carbocycles. The highest BCUT2D eigenvalue weighted by atomic mass is 28.4. The van der Waals surface area contributed by atoms with Crippen LogP contribution in [0.15, 0.2) is 102 Å². The summed E-state index contributed by atoms with van der Waals surface area (Å²) in [6.07, 6.45) is -6.69. The second kappa shape index (κ2) is 16.0. The van der Waals surface area contributed by atoms with Gasteiger partial charge in [0.25, 0.3) is 8.32 Å². The summed E-state index contributed by atoms with van der Waals surface area (Å²) in [5.74, 6) is -4.94. The first-order valence-corrected chi connectivity index (χ1v) is 23.2. The first-order valence-electron chi connectivity index (χ1n) is 21.2. The number of ketones is 1. The lowest BCUT2D eigenvalue weighted by molar-refractivity contribution is -0.344. The topological polar surface area (TPSA) is 161 Å². The van der Waals surface area contributed by atoms with Gasteiger partial charge in [-0.1, -0.05) is 113 Å². The second-order valence-corrected chi connectivity index (χ2v) is 23.4. The average Bonchev–Trinajstić information content (AvgIpc) is 3.20. The highest BCUT2D eigenvalue weighted by Crippen LogP contribution is 2.65. The quantitative estimate of drug-likeness (QED) is 0.119. The Morgan fingerprint density at radius 2 is 1.31 bits per heavy atom. The Morgan fingerprint density at radius 1 is 0.774 bits per heavy atom. The molecule has 1 saturated heterocycles. The zero-order valence-corrected chi connectivity index (χ0v) is 38.2. The van der Waals surface area contributed by atoms with E-state index in [1.165, 1.54) is 20.8 Å². The van der Waals surface area contributed by atoms with Crippen molar-refractivity contribution in [3.05, 3.63) is 108 Å². The largest absolute Gasteiger partial charge is 0.458 e. The van der Waals surface area contributed by atoms with Crippen molar-refractivity contribution in [2.45, 2.75) is 129 Å². The molecule has 9 atom stereocenters. The summed E-state index contributed by atoms with van der Waals surface area (Å²) in [4.78, 5) is 70.6. The van der Waals surface area contributed by atoms with Gasteiger partial charge >= 0.3 is 23.9 Å². The van der Waals surface area contributed by atoms with Gasteiger partial charge in [-0.15, -0.1) is 0 Å². The molecule has 3 aliphatic carbocycles. The van der Waals surface area contributed by atoms with Crippen molar-refractivity contribution >= 4 is 48.4 Å². The summed E-state index contributed by atoms with van der Waals surface area (Å²) < 4.78 is 39.4. The minimum Gasteiger partial charge on any atom is -0.458 e. The number of aliphatic hydroxyl groups is 1. The maximum atomic E-state index is 16.5. The Labute approximate surface area is 364 Å². The first-order chi connectivity index (χ1) is 29.1. The van der Waals surface area contributed by atoms with Crippen molar-refractivity contribution in [1.29, 1.82) is 0 Å². The monoisotopic (exact) mass is 866 g/mol. The van der Waals surface area contributed by atoms with E-state index in [-0.39, 0.29) is 30.6 Å². The standard InChI is InChI=1S/C49H58O12Si/c1-29-36(57-30(2)50)27-49(55)43(59-44(54)33-20-14-11-15-21-33)41-47(10,42(53)40(58-31(3)51)39(29)46(49,8)9)37(26-38-48(41,28-56-38)60-32(4)52)61-62(45(5,6)7,34-22-16-12-17-23-34)35-24-18-13-19-25-35/h11-25,36-38,40-41,43,55H,26-28H2,1-10H3/t36?,37?,38?,40?,41?,43?,47-,48+,49?/m1/s1. The van der Waals surface area contributed by atoms with Crippen molar-refractivity contribution in [3.8, 4) is 0 Å². The molecule has 0 radical (unpaired) electrons. The Bertz CT molecular complexity index is 2230. The number of fused-ring (bicyclic) bond motifs is 5. The third-order valence-corrected chi connectivity index (χ3v) is 19.2. The van der Waals surface area contributed by atoms with Gasteiger partial charge in [-0.2, -0.15) is 0 Å². The predicted octanol–water partition coefficient (Wildman–Crippen LogP) is 5.81. The number of carbonyl (C=O) groups is 5. The van der Waals surface area contributed by atoms with Gasteiger partial charge in [0.2, 0.25) is 0 Å². The number of esters is 4. The summed E-state index contributed by atoms with van der Waals surface area (Å²) in [5, 5.41) is 15.2. The van der Waals surface area contributed by atoms with E-state index in [0.29, 0.717) is 5.57 Å². The molecule has 3 aromatic carbocycles. The number of Topliss-reactive ketones (excluding diaryl/α,β-unsaturated/α-hetero) is 1. The third kappa shape index (κ3) is 6.96. The minimum atomic E-state index is -3.54. The van der Waals surface area contributed by atoms with Crippen LogP contribution in [0.2, 0.25) is 5.04 Å². The van der Waals surface area contributed by atoms with Gasteiger partial charge in [-0.05, 0) is 52.5 Å². The fourth-order valence-electron chi connectivity index (χ4n) is 11.3. The lowest BCUT2D eigenvalue weighted by Crippen LogP contribution is -2.83. The molecule has 0 aromatic heterocycles. The van der Waals surface area contributed by atoms with Crippen molar-refractivity contribution in [1.82, 2.24) is 0 Å². The smallest absolute Gasteiger partial charge is 0.338 e. The number of benzene rings is 3. The van der Waals surface area contributed by atoms with Gasteiger partial charge in [0, 0.05) is 39.0 Å². The Balaban J connectivity index is 1.60. The molecule has 12 nitrogen and oxygen atoms in total. The van der Waals surface area contributed by atoms with Crippen LogP contribution in [0.3, 0.4) is 0 Å². The molecule has 3 aromatic rings. The van der Waals surface area contributed by atoms with Crippen molar-refractivity contribution in [2.75, 3.05) is 6.61 Å². The van der Waals surface area contributed by atoms with Crippen LogP contribution in [-0.4, -0.2) is 91.4 Å². The van der Waals surface area contributed by atoms with Gasteiger partial charge in [0.1, 0.15) is 23.9 Å². The molecule has 1 aliphatic heterocycles. The lowest BCUT2D eigenvalue weighted by Gasteiger charge is -2.68. The predicted molar refractivity (Wildman–Crippen MR) is 231 cm³/mol. The van der Waals surface area contributed by atoms with Crippen LogP contribution in [0.4, 0.5) is 0 Å². The molecule has 7 rings (SSSR count). The summed E-state index contributed by atoms with van der Waals surface area (Å²) in [5.41, 5.74) is -6.46. The van der Waals surface area contributed by atoms with Crippen LogP contribution < -0.4 is 10.4 Å². The van der Waals surface area contributed by atoms with Gasteiger partial charge < -0.3 is 33.2 Å². The molecule has 3 fully saturated rings. The van der Waals surface area contributed by atoms with Crippen molar-refractivity contribution in [2.24, 2.45) is 16.7 Å². The Kier molecular flexibility index (Phi) is 11.6. The maximum absolute atomic E-state index is 16.5. The molecule has 330 valence electrons. The number of carbonyl (C=O) groups excluding carboxylic acids is 5. The van der Waals surface area contributed by atoms with E-state index in [0.717, 1.165) is 10.4 Å². The van der Waals surface area contributed by atoms with E-state index in [2.05, 4.69) is 20.8 Å². The number of ether oxygens (including phenoxy) is 5. The van der Waals surface area contributed by atoms with E-state index >= 15 is 4.79 Å². The van der Waals surface area contributed by atoms with Gasteiger partial charge in [0.15, 0.2) is 17.5 Å². The number of rotatable bonds is 9. The van der Waals surface area contributed by atoms with Crippen molar-refractivity contribution in [3.63, 3.8) is 0 Å². The average molecular weight is 867 g/mol. The highest BCUT2D eigenvalue weighted by molar-refractivity contribution is 6.99. The second-order valence-electron chi connectivity index (χ2n) is 19.1. The Hall–Kier alpha value is -4.95. The summed E-state index contributed by atoms with van der Waals surface area (Å²) >= 11 is 0. The Morgan fingerprint density at radius 3 is 1.77 bits per heavy atom. The van der Waals surface area contributed by atoms with Crippen LogP contribution in [0.5, 0.6) is 0 Å². The van der Waals surface area contributed by atoms with Crippen LogP contribution in [0.25, 0.3) is 0 Å². The van der Waals surface area contributed by atoms with Crippen LogP contribution in [0, 0.1) is 16.7 Å². The molecule has 2 bridgehead atoms. The van der Waals surface area contributed by atoms with Crippen LogP contribution in [-0.2, 0) is 47.3 Å². The molecule has 62 heavy (non-hydrogen) atoms.